The Kier molecular flexibility index (Phi) is 4.16. The molecule has 3 aromatic heterocycles. The van der Waals surface area contributed by atoms with Crippen LogP contribution in [-0.4, -0.2) is 54.4 Å². The highest BCUT2D eigenvalue weighted by Gasteiger charge is 2.38. The van der Waals surface area contributed by atoms with Gasteiger partial charge in [0.1, 0.15) is 0 Å². The summed E-state index contributed by atoms with van der Waals surface area (Å²) in [5, 5.41) is 3.37. The summed E-state index contributed by atoms with van der Waals surface area (Å²) in [5.74, 6) is 0.664. The molecule has 0 radical (unpaired) electrons. The van der Waals surface area contributed by atoms with Gasteiger partial charge in [-0.25, -0.2) is 15.0 Å². The summed E-state index contributed by atoms with van der Waals surface area (Å²) in [5.41, 5.74) is 2.55. The molecule has 1 aliphatic rings. The van der Waals surface area contributed by atoms with Gasteiger partial charge in [0.25, 0.3) is 5.91 Å². The summed E-state index contributed by atoms with van der Waals surface area (Å²) in [6.07, 6.45) is 8.98. The van der Waals surface area contributed by atoms with Gasteiger partial charge < -0.3 is 19.8 Å². The molecular formula is C18H21N7O. The zero-order valence-corrected chi connectivity index (χ0v) is 14.8. The van der Waals surface area contributed by atoms with Crippen molar-refractivity contribution >= 4 is 11.9 Å². The van der Waals surface area contributed by atoms with Crippen LogP contribution in [0.25, 0.3) is 0 Å². The number of H-pyrrole nitrogens is 1. The quantitative estimate of drug-likeness (QED) is 0.744. The second-order valence-electron chi connectivity index (χ2n) is 6.62. The van der Waals surface area contributed by atoms with E-state index in [1.165, 1.54) is 0 Å². The van der Waals surface area contributed by atoms with Crippen LogP contribution >= 0.6 is 0 Å². The highest BCUT2D eigenvalue weighted by Crippen LogP contribution is 2.29. The fourth-order valence-corrected chi connectivity index (χ4v) is 3.43. The van der Waals surface area contributed by atoms with Gasteiger partial charge in [0.05, 0.1) is 23.6 Å². The number of amides is 1. The van der Waals surface area contributed by atoms with Crippen molar-refractivity contribution in [1.82, 2.24) is 29.4 Å². The molecule has 0 unspecified atom stereocenters. The van der Waals surface area contributed by atoms with E-state index in [4.69, 9.17) is 0 Å². The van der Waals surface area contributed by atoms with Gasteiger partial charge in [0.15, 0.2) is 0 Å². The number of aryl methyl sites for hydroxylation is 2. The predicted molar refractivity (Wildman–Crippen MR) is 96.8 cm³/mol. The molecule has 8 nitrogen and oxygen atoms in total. The summed E-state index contributed by atoms with van der Waals surface area (Å²) >= 11 is 0. The van der Waals surface area contributed by atoms with E-state index >= 15 is 0 Å². The first-order chi connectivity index (χ1) is 12.6. The standard InChI is InChI=1S/C18H21N7O/c1-12-13(4-7-19-12)17(26)25-8-14(15-9-24(2)11-22-15)16(10-25)23-18-20-5-3-6-21-18/h3-7,9,11,14,16,19H,8,10H2,1-2H3,(H,20,21,23)/t14-,16+/m0/s1. The molecule has 1 saturated heterocycles. The van der Waals surface area contributed by atoms with E-state index < -0.39 is 0 Å². The summed E-state index contributed by atoms with van der Waals surface area (Å²) in [4.78, 5) is 30.9. The number of nitrogens with one attached hydrogen (secondary N) is 2. The minimum atomic E-state index is -0.00417. The Morgan fingerprint density at radius 1 is 1.27 bits per heavy atom. The summed E-state index contributed by atoms with van der Waals surface area (Å²) in [6.45, 7) is 3.08. The van der Waals surface area contributed by atoms with Gasteiger partial charge in [-0.3, -0.25) is 4.79 Å². The Labute approximate surface area is 151 Å². The van der Waals surface area contributed by atoms with Gasteiger partial charge in [-0.05, 0) is 19.1 Å². The zero-order chi connectivity index (χ0) is 18.1. The molecule has 1 fully saturated rings. The fourth-order valence-electron chi connectivity index (χ4n) is 3.43. The number of carbonyl (C=O) groups excluding carboxylic acids is 1. The summed E-state index contributed by atoms with van der Waals surface area (Å²) < 4.78 is 1.92. The van der Waals surface area contributed by atoms with Gasteiger partial charge in [-0.1, -0.05) is 0 Å². The van der Waals surface area contributed by atoms with Crippen LogP contribution in [0.4, 0.5) is 5.95 Å². The van der Waals surface area contributed by atoms with Gasteiger partial charge in [-0.2, -0.15) is 0 Å². The number of likely N-dealkylation sites (tertiary alicyclic amines) is 1. The lowest BCUT2D eigenvalue weighted by Gasteiger charge is -2.18. The van der Waals surface area contributed by atoms with Gasteiger partial charge in [-0.15, -0.1) is 0 Å². The van der Waals surface area contributed by atoms with Crippen molar-refractivity contribution < 1.29 is 4.79 Å². The van der Waals surface area contributed by atoms with E-state index in [0.717, 1.165) is 11.4 Å². The molecule has 0 bridgehead atoms. The molecule has 0 aliphatic carbocycles. The van der Waals surface area contributed by atoms with Gasteiger partial charge in [0.2, 0.25) is 5.95 Å². The number of aromatic nitrogens is 5. The molecule has 4 heterocycles. The molecule has 4 rings (SSSR count). The third-order valence-corrected chi connectivity index (χ3v) is 4.78. The number of carbonyl (C=O) groups is 1. The molecule has 2 atom stereocenters. The molecule has 8 heteroatoms. The maximum absolute atomic E-state index is 12.9. The van der Waals surface area contributed by atoms with Crippen LogP contribution in [0.5, 0.6) is 0 Å². The lowest BCUT2D eigenvalue weighted by atomic mass is 10.0. The molecule has 0 saturated carbocycles. The number of aromatic amines is 1. The fraction of sp³-hybridized carbons (Fsp3) is 0.333. The van der Waals surface area contributed by atoms with Crippen LogP contribution in [0.1, 0.15) is 27.7 Å². The van der Waals surface area contributed by atoms with Gasteiger partial charge >= 0.3 is 0 Å². The minimum Gasteiger partial charge on any atom is -0.365 e. The van der Waals surface area contributed by atoms with Crippen LogP contribution in [-0.2, 0) is 7.05 Å². The van der Waals surface area contributed by atoms with Crippen molar-refractivity contribution in [2.75, 3.05) is 18.4 Å². The monoisotopic (exact) mass is 351 g/mol. The minimum absolute atomic E-state index is 0.00417. The topological polar surface area (TPSA) is 91.7 Å². The molecule has 2 N–H and O–H groups in total. The Morgan fingerprint density at radius 3 is 2.73 bits per heavy atom. The van der Waals surface area contributed by atoms with Crippen molar-refractivity contribution in [3.63, 3.8) is 0 Å². The van der Waals surface area contributed by atoms with Crippen LogP contribution in [0.3, 0.4) is 0 Å². The van der Waals surface area contributed by atoms with Crippen molar-refractivity contribution in [1.29, 1.82) is 0 Å². The molecule has 26 heavy (non-hydrogen) atoms. The predicted octanol–water partition coefficient (Wildman–Crippen LogP) is 1.57. The Hall–Kier alpha value is -3.16. The van der Waals surface area contributed by atoms with Crippen LogP contribution in [0, 0.1) is 6.92 Å². The smallest absolute Gasteiger partial charge is 0.255 e. The highest BCUT2D eigenvalue weighted by molar-refractivity contribution is 5.95. The van der Waals surface area contributed by atoms with E-state index in [0.29, 0.717) is 24.6 Å². The van der Waals surface area contributed by atoms with Gasteiger partial charge in [0, 0.05) is 56.5 Å². The van der Waals surface area contributed by atoms with Crippen molar-refractivity contribution in [2.45, 2.75) is 18.9 Å². The highest BCUT2D eigenvalue weighted by atomic mass is 16.2. The molecule has 134 valence electrons. The van der Waals surface area contributed by atoms with E-state index in [1.54, 1.807) is 31.0 Å². The van der Waals surface area contributed by atoms with Crippen molar-refractivity contribution in [2.24, 2.45) is 7.05 Å². The van der Waals surface area contributed by atoms with Crippen LogP contribution in [0.2, 0.25) is 0 Å². The molecule has 0 spiro atoms. The van der Waals surface area contributed by atoms with Crippen LogP contribution < -0.4 is 5.32 Å². The molecule has 0 aromatic carbocycles. The first-order valence-corrected chi connectivity index (χ1v) is 8.56. The normalized spacial score (nSPS) is 19.7. The van der Waals surface area contributed by atoms with Crippen LogP contribution in [0.15, 0.2) is 43.2 Å². The number of imidazole rings is 1. The third kappa shape index (κ3) is 3.05. The lowest BCUT2D eigenvalue weighted by molar-refractivity contribution is 0.0789. The Morgan fingerprint density at radius 2 is 2.08 bits per heavy atom. The number of rotatable bonds is 4. The van der Waals surface area contributed by atoms with E-state index in [-0.39, 0.29) is 17.9 Å². The maximum Gasteiger partial charge on any atom is 0.255 e. The van der Waals surface area contributed by atoms with E-state index in [9.17, 15) is 4.79 Å². The second kappa shape index (κ2) is 6.62. The van der Waals surface area contributed by atoms with E-state index in [1.807, 2.05) is 35.7 Å². The van der Waals surface area contributed by atoms with E-state index in [2.05, 4.69) is 25.3 Å². The Bertz CT molecular complexity index is 901. The summed E-state index contributed by atoms with van der Waals surface area (Å²) in [6, 6.07) is 3.60. The number of hydrogen-bond donors (Lipinski definition) is 2. The molecule has 1 aliphatic heterocycles. The second-order valence-corrected chi connectivity index (χ2v) is 6.62. The molecular weight excluding hydrogens is 330 g/mol. The van der Waals surface area contributed by atoms with Crippen molar-refractivity contribution in [3.8, 4) is 0 Å². The summed E-state index contributed by atoms with van der Waals surface area (Å²) in [7, 11) is 1.94. The largest absolute Gasteiger partial charge is 0.365 e. The number of anilines is 1. The first-order valence-electron chi connectivity index (χ1n) is 8.56. The maximum atomic E-state index is 12.9. The van der Waals surface area contributed by atoms with Crippen molar-refractivity contribution in [3.05, 3.63) is 60.2 Å². The molecule has 1 amide bonds. The lowest BCUT2D eigenvalue weighted by Crippen LogP contribution is -2.32. The third-order valence-electron chi connectivity index (χ3n) is 4.78. The SMILES string of the molecule is Cc1[nH]ccc1C(=O)N1C[C@@H](Nc2ncccn2)[C@H](c2cn(C)cn2)C1. The number of hydrogen-bond acceptors (Lipinski definition) is 5. The average Bonchev–Trinajstić information content (AvgIpc) is 3.35. The molecule has 3 aromatic rings. The first kappa shape index (κ1) is 16.3. The Balaban J connectivity index is 1.60. The number of nitrogens with zero attached hydrogens (tertiary/aromatic N) is 5. The zero-order valence-electron chi connectivity index (χ0n) is 14.8. The average molecular weight is 351 g/mol.